The third kappa shape index (κ3) is 4.30. The Hall–Kier alpha value is -2.41. The molecule has 1 N–H and O–H groups in total. The second-order valence-electron chi connectivity index (χ2n) is 7.19. The number of amides is 1. The molecular weight excluding hydrogens is 342 g/mol. The number of hydrogen-bond donors (Lipinski definition) is 1. The highest BCUT2D eigenvalue weighted by atomic mass is 16.5. The number of benzene rings is 1. The van der Waals surface area contributed by atoms with Gasteiger partial charge < -0.3 is 15.0 Å². The summed E-state index contributed by atoms with van der Waals surface area (Å²) in [5, 5.41) is 11.8. The van der Waals surface area contributed by atoms with Crippen LogP contribution >= 0.6 is 0 Å². The van der Waals surface area contributed by atoms with Gasteiger partial charge in [0.1, 0.15) is 5.75 Å². The van der Waals surface area contributed by atoms with Crippen LogP contribution in [0.25, 0.3) is 5.69 Å². The van der Waals surface area contributed by atoms with E-state index in [9.17, 15) is 4.79 Å². The SMILES string of the molecule is CCc1c(C(=O)N2CCC[C@@H](NC)C2)nnn1-c1ccc(OC(C)C)cc1. The lowest BCUT2D eigenvalue weighted by Crippen LogP contribution is -2.47. The first-order chi connectivity index (χ1) is 13.0. The molecule has 0 radical (unpaired) electrons. The molecule has 1 aromatic heterocycles. The van der Waals surface area contributed by atoms with Crippen molar-refractivity contribution in [3.8, 4) is 11.4 Å². The summed E-state index contributed by atoms with van der Waals surface area (Å²) < 4.78 is 7.45. The van der Waals surface area contributed by atoms with Gasteiger partial charge in [0.2, 0.25) is 0 Å². The standard InChI is InChI=1S/C20H29N5O2/c1-5-18-19(20(26)24-12-6-7-15(13-24)21-4)22-23-25(18)16-8-10-17(11-9-16)27-14(2)3/h8-11,14-15,21H,5-7,12-13H2,1-4H3/t15-/m1/s1. The largest absolute Gasteiger partial charge is 0.491 e. The van der Waals surface area contributed by atoms with E-state index >= 15 is 0 Å². The lowest BCUT2D eigenvalue weighted by Gasteiger charge is -2.32. The molecule has 1 saturated heterocycles. The maximum atomic E-state index is 13.0. The topological polar surface area (TPSA) is 72.3 Å². The molecule has 7 heteroatoms. The van der Waals surface area contributed by atoms with Crippen molar-refractivity contribution >= 4 is 5.91 Å². The number of carbonyl (C=O) groups excluding carboxylic acids is 1. The molecule has 1 aliphatic heterocycles. The number of ether oxygens (including phenoxy) is 1. The first kappa shape index (κ1) is 19.4. The Morgan fingerprint density at radius 3 is 2.70 bits per heavy atom. The van der Waals surface area contributed by atoms with E-state index in [-0.39, 0.29) is 12.0 Å². The van der Waals surface area contributed by atoms with E-state index in [1.54, 1.807) is 4.68 Å². The monoisotopic (exact) mass is 371 g/mol. The number of likely N-dealkylation sites (tertiary alicyclic amines) is 1. The van der Waals surface area contributed by atoms with Crippen LogP contribution in [0.5, 0.6) is 5.75 Å². The fourth-order valence-corrected chi connectivity index (χ4v) is 3.48. The van der Waals surface area contributed by atoms with Crippen LogP contribution in [-0.4, -0.2) is 58.1 Å². The first-order valence-electron chi connectivity index (χ1n) is 9.71. The maximum Gasteiger partial charge on any atom is 0.276 e. The van der Waals surface area contributed by atoms with Crippen LogP contribution in [0.15, 0.2) is 24.3 Å². The number of aromatic nitrogens is 3. The predicted octanol–water partition coefficient (Wildman–Crippen LogP) is 2.44. The second-order valence-corrected chi connectivity index (χ2v) is 7.19. The molecule has 1 fully saturated rings. The zero-order valence-electron chi connectivity index (χ0n) is 16.6. The zero-order valence-corrected chi connectivity index (χ0v) is 16.6. The third-order valence-corrected chi connectivity index (χ3v) is 4.87. The van der Waals surface area contributed by atoms with Crippen LogP contribution in [0.4, 0.5) is 0 Å². The summed E-state index contributed by atoms with van der Waals surface area (Å²) in [5.41, 5.74) is 2.17. The van der Waals surface area contributed by atoms with Crippen molar-refractivity contribution in [2.24, 2.45) is 0 Å². The summed E-state index contributed by atoms with van der Waals surface area (Å²) in [7, 11) is 1.94. The molecule has 0 unspecified atom stereocenters. The Morgan fingerprint density at radius 1 is 1.33 bits per heavy atom. The van der Waals surface area contributed by atoms with E-state index in [2.05, 4.69) is 15.6 Å². The van der Waals surface area contributed by atoms with E-state index in [0.29, 0.717) is 24.7 Å². The fraction of sp³-hybridized carbons (Fsp3) is 0.550. The number of likely N-dealkylation sites (N-methyl/N-ethyl adjacent to an activating group) is 1. The molecule has 146 valence electrons. The molecule has 2 aromatic rings. The van der Waals surface area contributed by atoms with Crippen molar-refractivity contribution in [3.05, 3.63) is 35.7 Å². The van der Waals surface area contributed by atoms with E-state index in [1.807, 2.05) is 57.0 Å². The third-order valence-electron chi connectivity index (χ3n) is 4.87. The van der Waals surface area contributed by atoms with Gasteiger partial charge in [-0.15, -0.1) is 5.10 Å². The Morgan fingerprint density at radius 2 is 2.07 bits per heavy atom. The van der Waals surface area contributed by atoms with Gasteiger partial charge in [0.15, 0.2) is 5.69 Å². The summed E-state index contributed by atoms with van der Waals surface area (Å²) in [5.74, 6) is 0.785. The van der Waals surface area contributed by atoms with Crippen LogP contribution in [0.3, 0.4) is 0 Å². The molecule has 0 spiro atoms. The van der Waals surface area contributed by atoms with Gasteiger partial charge in [-0.2, -0.15) is 0 Å². The summed E-state index contributed by atoms with van der Waals surface area (Å²) in [6.45, 7) is 7.50. The van der Waals surface area contributed by atoms with Crippen molar-refractivity contribution in [2.75, 3.05) is 20.1 Å². The minimum atomic E-state index is -0.0298. The zero-order chi connectivity index (χ0) is 19.4. The number of rotatable bonds is 6. The van der Waals surface area contributed by atoms with Crippen molar-refractivity contribution in [3.63, 3.8) is 0 Å². The Bertz CT molecular complexity index is 769. The van der Waals surface area contributed by atoms with Crippen molar-refractivity contribution in [1.82, 2.24) is 25.2 Å². The lowest BCUT2D eigenvalue weighted by molar-refractivity contribution is 0.0691. The highest BCUT2D eigenvalue weighted by molar-refractivity contribution is 5.93. The highest BCUT2D eigenvalue weighted by Crippen LogP contribution is 2.20. The van der Waals surface area contributed by atoms with Gasteiger partial charge in [0, 0.05) is 19.1 Å². The van der Waals surface area contributed by atoms with E-state index in [1.165, 1.54) is 0 Å². The quantitative estimate of drug-likeness (QED) is 0.844. The van der Waals surface area contributed by atoms with Gasteiger partial charge in [-0.25, -0.2) is 4.68 Å². The van der Waals surface area contributed by atoms with Crippen LogP contribution in [-0.2, 0) is 6.42 Å². The minimum absolute atomic E-state index is 0.0298. The van der Waals surface area contributed by atoms with Gasteiger partial charge in [0.05, 0.1) is 17.5 Å². The molecule has 1 atom stereocenters. The first-order valence-corrected chi connectivity index (χ1v) is 9.71. The molecular formula is C20H29N5O2. The van der Waals surface area contributed by atoms with Crippen LogP contribution in [0.1, 0.15) is 49.8 Å². The summed E-state index contributed by atoms with van der Waals surface area (Å²) in [6.07, 6.45) is 2.91. The molecule has 27 heavy (non-hydrogen) atoms. The van der Waals surface area contributed by atoms with Gasteiger partial charge >= 0.3 is 0 Å². The number of piperidine rings is 1. The summed E-state index contributed by atoms with van der Waals surface area (Å²) in [6, 6.07) is 8.06. The smallest absolute Gasteiger partial charge is 0.276 e. The molecule has 1 amide bonds. The van der Waals surface area contributed by atoms with Gasteiger partial charge in [-0.05, 0) is 64.4 Å². The Balaban J connectivity index is 1.83. The number of carbonyl (C=O) groups is 1. The van der Waals surface area contributed by atoms with Crippen LogP contribution in [0.2, 0.25) is 0 Å². The number of hydrogen-bond acceptors (Lipinski definition) is 5. The van der Waals surface area contributed by atoms with E-state index < -0.39 is 0 Å². The van der Waals surface area contributed by atoms with Crippen molar-refractivity contribution in [2.45, 2.75) is 52.2 Å². The molecule has 1 aliphatic rings. The Kier molecular flexibility index (Phi) is 6.11. The summed E-state index contributed by atoms with van der Waals surface area (Å²) in [4.78, 5) is 14.9. The molecule has 3 rings (SSSR count). The fourth-order valence-electron chi connectivity index (χ4n) is 3.48. The molecule has 7 nitrogen and oxygen atoms in total. The molecule has 0 bridgehead atoms. The summed E-state index contributed by atoms with van der Waals surface area (Å²) >= 11 is 0. The average Bonchev–Trinajstić information content (AvgIpc) is 3.11. The van der Waals surface area contributed by atoms with Crippen LogP contribution in [0, 0.1) is 0 Å². The number of nitrogens with one attached hydrogen (secondary N) is 1. The molecule has 0 saturated carbocycles. The van der Waals surface area contributed by atoms with E-state index in [4.69, 9.17) is 4.74 Å². The normalized spacial score (nSPS) is 17.4. The maximum absolute atomic E-state index is 13.0. The molecule has 0 aliphatic carbocycles. The second kappa shape index (κ2) is 8.52. The van der Waals surface area contributed by atoms with Gasteiger partial charge in [0.25, 0.3) is 5.91 Å². The van der Waals surface area contributed by atoms with Crippen molar-refractivity contribution in [1.29, 1.82) is 0 Å². The Labute approximate surface area is 160 Å². The molecule has 2 heterocycles. The predicted molar refractivity (Wildman–Crippen MR) is 104 cm³/mol. The lowest BCUT2D eigenvalue weighted by atomic mass is 10.1. The van der Waals surface area contributed by atoms with Crippen molar-refractivity contribution < 1.29 is 9.53 Å². The van der Waals surface area contributed by atoms with Gasteiger partial charge in [-0.3, -0.25) is 4.79 Å². The minimum Gasteiger partial charge on any atom is -0.491 e. The average molecular weight is 371 g/mol. The highest BCUT2D eigenvalue weighted by Gasteiger charge is 2.28. The molecule has 1 aromatic carbocycles. The van der Waals surface area contributed by atoms with Crippen LogP contribution < -0.4 is 10.1 Å². The number of nitrogens with zero attached hydrogens (tertiary/aromatic N) is 4. The van der Waals surface area contributed by atoms with E-state index in [0.717, 1.165) is 36.5 Å². The van der Waals surface area contributed by atoms with Gasteiger partial charge in [-0.1, -0.05) is 12.1 Å².